The summed E-state index contributed by atoms with van der Waals surface area (Å²) in [6, 6.07) is 5.66. The molecule has 0 radical (unpaired) electrons. The van der Waals surface area contributed by atoms with Gasteiger partial charge >= 0.3 is 0 Å². The fourth-order valence-corrected chi connectivity index (χ4v) is 1.95. The van der Waals surface area contributed by atoms with Crippen LogP contribution in [0.25, 0.3) is 0 Å². The van der Waals surface area contributed by atoms with E-state index in [2.05, 4.69) is 15.4 Å². The molecule has 100 valence electrons. The fourth-order valence-electron chi connectivity index (χ4n) is 1.95. The van der Waals surface area contributed by atoms with Crippen molar-refractivity contribution in [3.05, 3.63) is 42.0 Å². The Morgan fingerprint density at radius 3 is 2.89 bits per heavy atom. The molecule has 5 heteroatoms. The van der Waals surface area contributed by atoms with Gasteiger partial charge in [0.2, 0.25) is 5.91 Å². The van der Waals surface area contributed by atoms with E-state index in [9.17, 15) is 4.79 Å². The normalized spacial score (nSPS) is 10.4. The number of pyridine rings is 1. The van der Waals surface area contributed by atoms with Crippen LogP contribution in [0, 0.1) is 13.8 Å². The molecule has 1 N–H and O–H groups in total. The lowest BCUT2D eigenvalue weighted by molar-refractivity contribution is -0.116. The molecule has 0 atom stereocenters. The van der Waals surface area contributed by atoms with Gasteiger partial charge in [0.1, 0.15) is 0 Å². The zero-order valence-corrected chi connectivity index (χ0v) is 11.3. The number of amides is 1. The van der Waals surface area contributed by atoms with Crippen LogP contribution in [0.4, 0.5) is 5.69 Å². The lowest BCUT2D eigenvalue weighted by Crippen LogP contribution is -2.13. The zero-order chi connectivity index (χ0) is 13.7. The molecule has 2 rings (SSSR count). The van der Waals surface area contributed by atoms with Gasteiger partial charge in [-0.1, -0.05) is 0 Å². The minimum absolute atomic E-state index is 0.00883. The third-order valence-corrected chi connectivity index (χ3v) is 2.82. The first kappa shape index (κ1) is 13.3. The summed E-state index contributed by atoms with van der Waals surface area (Å²) in [5, 5.41) is 7.18. The number of hydrogen-bond acceptors (Lipinski definition) is 3. The van der Waals surface area contributed by atoms with E-state index in [1.165, 1.54) is 0 Å². The van der Waals surface area contributed by atoms with Gasteiger partial charge < -0.3 is 5.32 Å². The van der Waals surface area contributed by atoms with E-state index < -0.39 is 0 Å². The first-order valence-electron chi connectivity index (χ1n) is 6.36. The van der Waals surface area contributed by atoms with Gasteiger partial charge in [0.15, 0.2) is 0 Å². The molecule has 0 unspecified atom stereocenters. The summed E-state index contributed by atoms with van der Waals surface area (Å²) >= 11 is 0. The van der Waals surface area contributed by atoms with E-state index >= 15 is 0 Å². The average Bonchev–Trinajstić information content (AvgIpc) is 2.69. The second-order valence-corrected chi connectivity index (χ2v) is 4.54. The summed E-state index contributed by atoms with van der Waals surface area (Å²) in [6.07, 6.45) is 4.57. The van der Waals surface area contributed by atoms with Crippen LogP contribution in [-0.2, 0) is 11.3 Å². The largest absolute Gasteiger partial charge is 0.325 e. The molecule has 0 saturated heterocycles. The van der Waals surface area contributed by atoms with Crippen molar-refractivity contribution in [1.82, 2.24) is 14.8 Å². The quantitative estimate of drug-likeness (QED) is 0.895. The standard InChI is InChI=1S/C14H18N4O/c1-11-9-12(2)18(17-11)8-4-6-14(19)16-13-5-3-7-15-10-13/h3,5,7,9-10H,4,6,8H2,1-2H3,(H,16,19). The molecular formula is C14H18N4O. The van der Waals surface area contributed by atoms with Crippen LogP contribution < -0.4 is 5.32 Å². The molecule has 0 aliphatic rings. The minimum Gasteiger partial charge on any atom is -0.325 e. The Labute approximate surface area is 112 Å². The Morgan fingerprint density at radius 2 is 2.26 bits per heavy atom. The van der Waals surface area contributed by atoms with Gasteiger partial charge in [-0.15, -0.1) is 0 Å². The van der Waals surface area contributed by atoms with Crippen molar-refractivity contribution in [2.75, 3.05) is 5.32 Å². The number of nitrogens with one attached hydrogen (secondary N) is 1. The fraction of sp³-hybridized carbons (Fsp3) is 0.357. The highest BCUT2D eigenvalue weighted by molar-refractivity contribution is 5.90. The summed E-state index contributed by atoms with van der Waals surface area (Å²) in [5.41, 5.74) is 2.88. The van der Waals surface area contributed by atoms with Crippen molar-refractivity contribution in [2.24, 2.45) is 0 Å². The molecule has 5 nitrogen and oxygen atoms in total. The predicted molar refractivity (Wildman–Crippen MR) is 73.8 cm³/mol. The number of hydrogen-bond donors (Lipinski definition) is 1. The first-order valence-corrected chi connectivity index (χ1v) is 6.36. The third-order valence-electron chi connectivity index (χ3n) is 2.82. The summed E-state index contributed by atoms with van der Waals surface area (Å²) in [5.74, 6) is 0.00883. The van der Waals surface area contributed by atoms with Crippen LogP contribution >= 0.6 is 0 Å². The number of rotatable bonds is 5. The molecule has 0 fully saturated rings. The zero-order valence-electron chi connectivity index (χ0n) is 11.3. The Morgan fingerprint density at radius 1 is 1.42 bits per heavy atom. The summed E-state index contributed by atoms with van der Waals surface area (Å²) in [4.78, 5) is 15.7. The SMILES string of the molecule is Cc1cc(C)n(CCCC(=O)Nc2cccnc2)n1. The van der Waals surface area contributed by atoms with Gasteiger partial charge in [-0.2, -0.15) is 5.10 Å². The molecular weight excluding hydrogens is 240 g/mol. The van der Waals surface area contributed by atoms with E-state index in [1.807, 2.05) is 30.7 Å². The minimum atomic E-state index is 0.00883. The smallest absolute Gasteiger partial charge is 0.224 e. The van der Waals surface area contributed by atoms with Gasteiger partial charge in [0.25, 0.3) is 0 Å². The van der Waals surface area contributed by atoms with Gasteiger partial charge in [0, 0.05) is 24.9 Å². The van der Waals surface area contributed by atoms with Crippen LogP contribution in [0.1, 0.15) is 24.2 Å². The van der Waals surface area contributed by atoms with Gasteiger partial charge in [-0.3, -0.25) is 14.5 Å². The molecule has 0 aromatic carbocycles. The Balaban J connectivity index is 1.77. The molecule has 2 heterocycles. The molecule has 2 aromatic rings. The maximum Gasteiger partial charge on any atom is 0.224 e. The first-order chi connectivity index (χ1) is 9.15. The number of aromatic nitrogens is 3. The van der Waals surface area contributed by atoms with E-state index in [1.54, 1.807) is 18.5 Å². The summed E-state index contributed by atoms with van der Waals surface area (Å²) < 4.78 is 1.94. The molecule has 2 aromatic heterocycles. The molecule has 0 aliphatic carbocycles. The highest BCUT2D eigenvalue weighted by Gasteiger charge is 2.04. The lowest BCUT2D eigenvalue weighted by Gasteiger charge is -2.06. The molecule has 0 spiro atoms. The van der Waals surface area contributed by atoms with Crippen molar-refractivity contribution in [2.45, 2.75) is 33.2 Å². The van der Waals surface area contributed by atoms with E-state index in [0.717, 1.165) is 30.0 Å². The van der Waals surface area contributed by atoms with Crippen LogP contribution in [0.15, 0.2) is 30.6 Å². The number of anilines is 1. The van der Waals surface area contributed by atoms with E-state index in [4.69, 9.17) is 0 Å². The van der Waals surface area contributed by atoms with Crippen LogP contribution in [0.2, 0.25) is 0 Å². The maximum absolute atomic E-state index is 11.7. The maximum atomic E-state index is 11.7. The molecule has 19 heavy (non-hydrogen) atoms. The van der Waals surface area contributed by atoms with Crippen LogP contribution in [0.5, 0.6) is 0 Å². The average molecular weight is 258 g/mol. The second-order valence-electron chi connectivity index (χ2n) is 4.54. The Kier molecular flexibility index (Phi) is 4.28. The highest BCUT2D eigenvalue weighted by Crippen LogP contribution is 2.06. The van der Waals surface area contributed by atoms with Crippen molar-refractivity contribution in [3.63, 3.8) is 0 Å². The Hall–Kier alpha value is -2.17. The highest BCUT2D eigenvalue weighted by atomic mass is 16.1. The Bertz CT molecular complexity index is 548. The molecule has 0 bridgehead atoms. The van der Waals surface area contributed by atoms with Crippen molar-refractivity contribution < 1.29 is 4.79 Å². The molecule has 0 saturated carbocycles. The van der Waals surface area contributed by atoms with Crippen LogP contribution in [-0.4, -0.2) is 20.7 Å². The third kappa shape index (κ3) is 3.91. The molecule has 0 aliphatic heterocycles. The second kappa shape index (κ2) is 6.13. The predicted octanol–water partition coefficient (Wildman–Crippen LogP) is 2.31. The van der Waals surface area contributed by atoms with Gasteiger partial charge in [-0.25, -0.2) is 0 Å². The van der Waals surface area contributed by atoms with Crippen molar-refractivity contribution >= 4 is 11.6 Å². The number of aryl methyl sites for hydroxylation is 3. The number of carbonyl (C=O) groups excluding carboxylic acids is 1. The topological polar surface area (TPSA) is 59.8 Å². The van der Waals surface area contributed by atoms with Gasteiger partial charge in [-0.05, 0) is 38.5 Å². The number of nitrogens with zero attached hydrogens (tertiary/aromatic N) is 3. The van der Waals surface area contributed by atoms with Crippen molar-refractivity contribution in [1.29, 1.82) is 0 Å². The van der Waals surface area contributed by atoms with Gasteiger partial charge in [0.05, 0.1) is 17.6 Å². The summed E-state index contributed by atoms with van der Waals surface area (Å²) in [7, 11) is 0. The van der Waals surface area contributed by atoms with E-state index in [-0.39, 0.29) is 5.91 Å². The monoisotopic (exact) mass is 258 g/mol. The van der Waals surface area contributed by atoms with Crippen molar-refractivity contribution in [3.8, 4) is 0 Å². The summed E-state index contributed by atoms with van der Waals surface area (Å²) in [6.45, 7) is 4.76. The van der Waals surface area contributed by atoms with Crippen LogP contribution in [0.3, 0.4) is 0 Å². The number of carbonyl (C=O) groups is 1. The lowest BCUT2D eigenvalue weighted by atomic mass is 10.3. The molecule has 1 amide bonds. The van der Waals surface area contributed by atoms with E-state index in [0.29, 0.717) is 6.42 Å².